The Bertz CT molecular complexity index is 626. The number of ether oxygens (including phenoxy) is 1. The van der Waals surface area contributed by atoms with Crippen LogP contribution in [0.3, 0.4) is 0 Å². The lowest BCUT2D eigenvalue weighted by atomic mass is 10.1. The van der Waals surface area contributed by atoms with E-state index in [0.717, 1.165) is 16.2 Å². The van der Waals surface area contributed by atoms with Crippen LogP contribution in [0, 0.1) is 0 Å². The fourth-order valence-corrected chi connectivity index (χ4v) is 5.04. The molecular formula is C14H22N2O4S2. The molecule has 1 N–H and O–H groups in total. The molecule has 22 heavy (non-hydrogen) atoms. The molecule has 0 spiro atoms. The van der Waals surface area contributed by atoms with E-state index in [-0.39, 0.29) is 22.1 Å². The van der Waals surface area contributed by atoms with Crippen LogP contribution in [0.2, 0.25) is 0 Å². The largest absolute Gasteiger partial charge is 0.379 e. The summed E-state index contributed by atoms with van der Waals surface area (Å²) in [7, 11) is -3.47. The number of amides is 1. The van der Waals surface area contributed by atoms with Gasteiger partial charge in [-0.15, -0.1) is 11.3 Å². The predicted molar refractivity (Wildman–Crippen MR) is 85.5 cm³/mol. The standard InChI is InChI=1S/C14H22N2O4S2/c1-14(2,3)15-12(17)10-11-4-5-13(21-11)22(18,19)16-6-8-20-9-7-16/h4-5H,6-10H2,1-3H3,(H,15,17). The number of nitrogens with one attached hydrogen (secondary N) is 1. The molecule has 1 saturated heterocycles. The van der Waals surface area contributed by atoms with Gasteiger partial charge in [0.15, 0.2) is 0 Å². The average Bonchev–Trinajstić information content (AvgIpc) is 2.86. The second-order valence-electron chi connectivity index (χ2n) is 6.21. The molecule has 6 nitrogen and oxygen atoms in total. The molecule has 0 aromatic carbocycles. The van der Waals surface area contributed by atoms with Crippen LogP contribution in [0.15, 0.2) is 16.3 Å². The molecule has 0 aliphatic carbocycles. The molecule has 2 heterocycles. The monoisotopic (exact) mass is 346 g/mol. The van der Waals surface area contributed by atoms with Gasteiger partial charge in [-0.05, 0) is 32.9 Å². The van der Waals surface area contributed by atoms with E-state index in [0.29, 0.717) is 26.3 Å². The van der Waals surface area contributed by atoms with Crippen LogP contribution in [0.4, 0.5) is 0 Å². The van der Waals surface area contributed by atoms with Crippen molar-refractivity contribution in [1.82, 2.24) is 9.62 Å². The molecule has 0 radical (unpaired) electrons. The molecule has 124 valence electrons. The Balaban J connectivity index is 2.06. The summed E-state index contributed by atoms with van der Waals surface area (Å²) in [6.07, 6.45) is 0.195. The van der Waals surface area contributed by atoms with E-state index in [4.69, 9.17) is 4.74 Å². The Hall–Kier alpha value is -0.960. The minimum Gasteiger partial charge on any atom is -0.379 e. The summed E-state index contributed by atoms with van der Waals surface area (Å²) in [5.41, 5.74) is -0.295. The van der Waals surface area contributed by atoms with Gasteiger partial charge in [0.1, 0.15) is 4.21 Å². The van der Waals surface area contributed by atoms with E-state index >= 15 is 0 Å². The first-order valence-electron chi connectivity index (χ1n) is 7.16. The summed E-state index contributed by atoms with van der Waals surface area (Å²) < 4.78 is 31.9. The van der Waals surface area contributed by atoms with Crippen molar-refractivity contribution in [2.45, 2.75) is 36.9 Å². The third kappa shape index (κ3) is 4.52. The maximum absolute atomic E-state index is 12.5. The first-order chi connectivity index (χ1) is 10.2. The van der Waals surface area contributed by atoms with Crippen molar-refractivity contribution in [3.63, 3.8) is 0 Å². The Morgan fingerprint density at radius 2 is 1.95 bits per heavy atom. The van der Waals surface area contributed by atoms with Gasteiger partial charge in [0.25, 0.3) is 10.0 Å². The van der Waals surface area contributed by atoms with E-state index < -0.39 is 10.0 Å². The van der Waals surface area contributed by atoms with Gasteiger partial charge in [-0.2, -0.15) is 4.31 Å². The van der Waals surface area contributed by atoms with Crippen LogP contribution < -0.4 is 5.32 Å². The number of hydrogen-bond acceptors (Lipinski definition) is 5. The second kappa shape index (κ2) is 6.66. The molecule has 8 heteroatoms. The van der Waals surface area contributed by atoms with E-state index in [1.54, 1.807) is 12.1 Å². The van der Waals surface area contributed by atoms with Crippen LogP contribution in [-0.2, 0) is 26.0 Å². The van der Waals surface area contributed by atoms with Gasteiger partial charge in [0.2, 0.25) is 5.91 Å². The van der Waals surface area contributed by atoms with Crippen molar-refractivity contribution < 1.29 is 17.9 Å². The quantitative estimate of drug-likeness (QED) is 0.890. The minimum absolute atomic E-state index is 0.107. The van der Waals surface area contributed by atoms with Gasteiger partial charge in [-0.25, -0.2) is 8.42 Å². The highest BCUT2D eigenvalue weighted by Crippen LogP contribution is 2.26. The molecule has 2 rings (SSSR count). The summed E-state index contributed by atoms with van der Waals surface area (Å²) in [5, 5.41) is 2.87. The van der Waals surface area contributed by atoms with E-state index in [1.807, 2.05) is 20.8 Å². The molecule has 0 bridgehead atoms. The Kier molecular flexibility index (Phi) is 5.26. The smallest absolute Gasteiger partial charge is 0.252 e. The number of carbonyl (C=O) groups excluding carboxylic acids is 1. The van der Waals surface area contributed by atoms with Crippen LogP contribution in [-0.4, -0.2) is 50.5 Å². The van der Waals surface area contributed by atoms with Crippen molar-refractivity contribution in [1.29, 1.82) is 0 Å². The van der Waals surface area contributed by atoms with E-state index in [9.17, 15) is 13.2 Å². The Morgan fingerprint density at radius 1 is 1.32 bits per heavy atom. The molecule has 1 aromatic rings. The van der Waals surface area contributed by atoms with Crippen LogP contribution >= 0.6 is 11.3 Å². The highest BCUT2D eigenvalue weighted by Gasteiger charge is 2.28. The molecule has 0 atom stereocenters. The summed E-state index contributed by atoms with van der Waals surface area (Å²) >= 11 is 1.16. The first kappa shape index (κ1) is 17.4. The maximum Gasteiger partial charge on any atom is 0.252 e. The normalized spacial score (nSPS) is 17.4. The number of sulfonamides is 1. The Labute approximate surface area is 135 Å². The molecule has 0 saturated carbocycles. The maximum atomic E-state index is 12.5. The van der Waals surface area contributed by atoms with Crippen LogP contribution in [0.1, 0.15) is 25.6 Å². The number of morpholine rings is 1. The zero-order valence-electron chi connectivity index (χ0n) is 13.1. The summed E-state index contributed by atoms with van der Waals surface area (Å²) in [6.45, 7) is 7.33. The molecule has 1 fully saturated rings. The van der Waals surface area contributed by atoms with Crippen LogP contribution in [0.5, 0.6) is 0 Å². The fraction of sp³-hybridized carbons (Fsp3) is 0.643. The second-order valence-corrected chi connectivity index (χ2v) is 9.55. The molecule has 1 aliphatic heterocycles. The van der Waals surface area contributed by atoms with Gasteiger partial charge in [0, 0.05) is 23.5 Å². The lowest BCUT2D eigenvalue weighted by Crippen LogP contribution is -2.41. The number of thiophene rings is 1. The van der Waals surface area contributed by atoms with Crippen molar-refractivity contribution in [2.75, 3.05) is 26.3 Å². The lowest BCUT2D eigenvalue weighted by Gasteiger charge is -2.25. The summed E-state index contributed by atoms with van der Waals surface area (Å²) in [4.78, 5) is 12.7. The zero-order valence-corrected chi connectivity index (χ0v) is 14.7. The van der Waals surface area contributed by atoms with Crippen molar-refractivity contribution in [2.24, 2.45) is 0 Å². The molecule has 1 aliphatic rings. The lowest BCUT2D eigenvalue weighted by molar-refractivity contribution is -0.121. The average molecular weight is 346 g/mol. The molecular weight excluding hydrogens is 324 g/mol. The van der Waals surface area contributed by atoms with Gasteiger partial charge in [-0.3, -0.25) is 4.79 Å². The number of carbonyl (C=O) groups is 1. The zero-order chi connectivity index (χ0) is 16.4. The number of rotatable bonds is 4. The highest BCUT2D eigenvalue weighted by atomic mass is 32.2. The van der Waals surface area contributed by atoms with E-state index in [2.05, 4.69) is 5.32 Å². The molecule has 1 aromatic heterocycles. The van der Waals surface area contributed by atoms with Gasteiger partial charge < -0.3 is 10.1 Å². The van der Waals surface area contributed by atoms with Crippen molar-refractivity contribution in [3.05, 3.63) is 17.0 Å². The third-order valence-electron chi connectivity index (χ3n) is 3.05. The van der Waals surface area contributed by atoms with E-state index in [1.165, 1.54) is 4.31 Å². The minimum atomic E-state index is -3.47. The first-order valence-corrected chi connectivity index (χ1v) is 9.42. The van der Waals surface area contributed by atoms with Gasteiger partial charge in [-0.1, -0.05) is 0 Å². The van der Waals surface area contributed by atoms with Crippen molar-refractivity contribution >= 4 is 27.3 Å². The molecule has 1 amide bonds. The van der Waals surface area contributed by atoms with Gasteiger partial charge >= 0.3 is 0 Å². The van der Waals surface area contributed by atoms with Gasteiger partial charge in [0.05, 0.1) is 19.6 Å². The summed E-state index contributed by atoms with van der Waals surface area (Å²) in [6, 6.07) is 3.29. The highest BCUT2D eigenvalue weighted by molar-refractivity contribution is 7.91. The molecule has 0 unspecified atom stereocenters. The van der Waals surface area contributed by atoms with Crippen molar-refractivity contribution in [3.8, 4) is 0 Å². The number of nitrogens with zero attached hydrogens (tertiary/aromatic N) is 1. The fourth-order valence-electron chi connectivity index (χ4n) is 2.13. The SMILES string of the molecule is CC(C)(C)NC(=O)Cc1ccc(S(=O)(=O)N2CCOCC2)s1. The predicted octanol–water partition coefficient (Wildman–Crippen LogP) is 1.23. The topological polar surface area (TPSA) is 75.7 Å². The third-order valence-corrected chi connectivity index (χ3v) is 6.50. The summed E-state index contributed by atoms with van der Waals surface area (Å²) in [5.74, 6) is -0.107. The Morgan fingerprint density at radius 3 is 2.55 bits per heavy atom. The van der Waals surface area contributed by atoms with Crippen LogP contribution in [0.25, 0.3) is 0 Å². The number of hydrogen-bond donors (Lipinski definition) is 1.